The van der Waals surface area contributed by atoms with E-state index in [1.54, 1.807) is 6.07 Å². The van der Waals surface area contributed by atoms with Crippen molar-refractivity contribution in [2.45, 2.75) is 19.4 Å². The number of carboxylic acid groups (broad SMARTS) is 1. The molecule has 1 atom stereocenters. The lowest BCUT2D eigenvalue weighted by Crippen LogP contribution is -2.46. The maximum absolute atomic E-state index is 11.1. The number of carbonyl (C=O) groups excluding carboxylic acids is 1. The van der Waals surface area contributed by atoms with E-state index in [0.717, 1.165) is 11.5 Å². The van der Waals surface area contributed by atoms with Crippen molar-refractivity contribution in [3.05, 3.63) is 23.7 Å². The van der Waals surface area contributed by atoms with Crippen LogP contribution in [0.5, 0.6) is 0 Å². The number of aliphatic carboxylic acids is 1. The van der Waals surface area contributed by atoms with Gasteiger partial charge in [0.25, 0.3) is 0 Å². The van der Waals surface area contributed by atoms with Crippen LogP contribution in [0.2, 0.25) is 0 Å². The smallest absolute Gasteiger partial charge is 0.330 e. The zero-order valence-corrected chi connectivity index (χ0v) is 8.90. The van der Waals surface area contributed by atoms with Crippen molar-refractivity contribution in [3.8, 4) is 0 Å². The van der Waals surface area contributed by atoms with Crippen LogP contribution >= 0.6 is 0 Å². The first-order chi connectivity index (χ1) is 7.50. The predicted octanol–water partition coefficient (Wildman–Crippen LogP) is -0.341. The van der Waals surface area contributed by atoms with Gasteiger partial charge < -0.3 is 20.6 Å². The molecular weight excluding hydrogens is 212 g/mol. The maximum Gasteiger partial charge on any atom is 0.330 e. The van der Waals surface area contributed by atoms with Crippen LogP contribution in [0.3, 0.4) is 0 Å². The Bertz CT molecular complexity index is 386. The average molecular weight is 226 g/mol. The largest absolute Gasteiger partial charge is 0.480 e. The lowest BCUT2D eigenvalue weighted by Gasteiger charge is -2.06. The minimum Gasteiger partial charge on any atom is -0.480 e. The fourth-order valence-electron chi connectivity index (χ4n) is 1.15. The highest BCUT2D eigenvalue weighted by Crippen LogP contribution is 2.05. The molecule has 0 bridgehead atoms. The molecule has 1 aromatic rings. The Kier molecular flexibility index (Phi) is 4.07. The molecule has 0 aliphatic carbocycles. The van der Waals surface area contributed by atoms with E-state index in [1.165, 1.54) is 0 Å². The predicted molar refractivity (Wildman–Crippen MR) is 55.8 cm³/mol. The standard InChI is InChI=1S/C10H14N2O4/c1-6-2-3-7(16-6)4-5-12-9(13)8(11)10(14)15/h2-3,8H,4-5,11H2,1H3,(H,12,13)(H,14,15). The first kappa shape index (κ1) is 12.3. The molecule has 0 saturated heterocycles. The second-order valence-corrected chi connectivity index (χ2v) is 3.37. The molecule has 0 spiro atoms. The summed E-state index contributed by atoms with van der Waals surface area (Å²) < 4.78 is 5.27. The molecule has 88 valence electrons. The summed E-state index contributed by atoms with van der Waals surface area (Å²) in [5.41, 5.74) is 5.11. The van der Waals surface area contributed by atoms with Gasteiger partial charge in [0.05, 0.1) is 0 Å². The first-order valence-corrected chi connectivity index (χ1v) is 4.82. The molecule has 0 aliphatic rings. The highest BCUT2D eigenvalue weighted by atomic mass is 16.4. The minimum atomic E-state index is -1.52. The van der Waals surface area contributed by atoms with Crippen LogP contribution in [0.25, 0.3) is 0 Å². The molecule has 1 heterocycles. The second-order valence-electron chi connectivity index (χ2n) is 3.37. The molecule has 0 aliphatic heterocycles. The highest BCUT2D eigenvalue weighted by molar-refractivity contribution is 6.00. The van der Waals surface area contributed by atoms with Crippen LogP contribution in [0, 0.1) is 6.92 Å². The molecule has 4 N–H and O–H groups in total. The Balaban J connectivity index is 2.30. The van der Waals surface area contributed by atoms with Crippen molar-refractivity contribution in [2.75, 3.05) is 6.54 Å². The molecule has 16 heavy (non-hydrogen) atoms. The number of rotatable bonds is 5. The summed E-state index contributed by atoms with van der Waals surface area (Å²) in [6.45, 7) is 2.12. The molecule has 1 amide bonds. The van der Waals surface area contributed by atoms with E-state index in [4.69, 9.17) is 15.3 Å². The summed E-state index contributed by atoms with van der Waals surface area (Å²) in [6.07, 6.45) is 0.506. The normalized spacial score (nSPS) is 12.1. The van der Waals surface area contributed by atoms with Gasteiger partial charge in [0, 0.05) is 13.0 Å². The van der Waals surface area contributed by atoms with Crippen molar-refractivity contribution >= 4 is 11.9 Å². The zero-order chi connectivity index (χ0) is 12.1. The van der Waals surface area contributed by atoms with E-state index in [2.05, 4.69) is 5.32 Å². The van der Waals surface area contributed by atoms with Crippen LogP contribution < -0.4 is 11.1 Å². The number of nitrogens with one attached hydrogen (secondary N) is 1. The molecule has 1 rings (SSSR count). The molecule has 0 saturated carbocycles. The Morgan fingerprint density at radius 3 is 2.75 bits per heavy atom. The van der Waals surface area contributed by atoms with Gasteiger partial charge in [-0.05, 0) is 19.1 Å². The number of carboxylic acids is 1. The van der Waals surface area contributed by atoms with E-state index in [-0.39, 0.29) is 0 Å². The van der Waals surface area contributed by atoms with Crippen LogP contribution in [0.4, 0.5) is 0 Å². The lowest BCUT2D eigenvalue weighted by atomic mass is 10.3. The number of carbonyl (C=O) groups is 2. The number of aryl methyl sites for hydroxylation is 1. The van der Waals surface area contributed by atoms with Crippen molar-refractivity contribution in [1.29, 1.82) is 0 Å². The van der Waals surface area contributed by atoms with Gasteiger partial charge in [-0.25, -0.2) is 4.79 Å². The fourth-order valence-corrected chi connectivity index (χ4v) is 1.15. The van der Waals surface area contributed by atoms with E-state index in [0.29, 0.717) is 13.0 Å². The lowest BCUT2D eigenvalue weighted by molar-refractivity contribution is -0.142. The van der Waals surface area contributed by atoms with Gasteiger partial charge in [-0.2, -0.15) is 0 Å². The Hall–Kier alpha value is -1.82. The summed E-state index contributed by atoms with van der Waals surface area (Å²) >= 11 is 0. The first-order valence-electron chi connectivity index (χ1n) is 4.82. The summed E-state index contributed by atoms with van der Waals surface area (Å²) in [5.74, 6) is -0.507. The van der Waals surface area contributed by atoms with Crippen molar-refractivity contribution in [1.82, 2.24) is 5.32 Å². The maximum atomic E-state index is 11.1. The van der Waals surface area contributed by atoms with Crippen LogP contribution in [0.1, 0.15) is 11.5 Å². The summed E-state index contributed by atoms with van der Waals surface area (Å²) in [4.78, 5) is 21.5. The number of hydrogen-bond donors (Lipinski definition) is 3. The van der Waals surface area contributed by atoms with E-state index >= 15 is 0 Å². The molecular formula is C10H14N2O4. The third-order valence-corrected chi connectivity index (χ3v) is 2.02. The van der Waals surface area contributed by atoms with Crippen LogP contribution in [0.15, 0.2) is 16.5 Å². The van der Waals surface area contributed by atoms with Gasteiger partial charge in [-0.15, -0.1) is 0 Å². The van der Waals surface area contributed by atoms with Crippen molar-refractivity contribution < 1.29 is 19.1 Å². The monoisotopic (exact) mass is 226 g/mol. The number of amides is 1. The fraction of sp³-hybridized carbons (Fsp3) is 0.400. The molecule has 1 unspecified atom stereocenters. The van der Waals surface area contributed by atoms with Gasteiger partial charge in [-0.3, -0.25) is 4.79 Å². The van der Waals surface area contributed by atoms with Crippen LogP contribution in [-0.2, 0) is 16.0 Å². The van der Waals surface area contributed by atoms with Gasteiger partial charge in [-0.1, -0.05) is 0 Å². The zero-order valence-electron chi connectivity index (χ0n) is 8.90. The summed E-state index contributed by atoms with van der Waals surface area (Å²) in [7, 11) is 0. The van der Waals surface area contributed by atoms with Gasteiger partial charge in [0.15, 0.2) is 6.04 Å². The topological polar surface area (TPSA) is 106 Å². The molecule has 1 aromatic heterocycles. The number of hydrogen-bond acceptors (Lipinski definition) is 4. The number of furan rings is 1. The van der Waals surface area contributed by atoms with Crippen molar-refractivity contribution in [2.24, 2.45) is 5.73 Å². The van der Waals surface area contributed by atoms with Crippen LogP contribution in [-0.4, -0.2) is 29.6 Å². The Morgan fingerprint density at radius 1 is 1.56 bits per heavy atom. The Labute approximate surface area is 92.4 Å². The SMILES string of the molecule is Cc1ccc(CCNC(=O)C(N)C(=O)O)o1. The van der Waals surface area contributed by atoms with Crippen molar-refractivity contribution in [3.63, 3.8) is 0 Å². The average Bonchev–Trinajstić information content (AvgIpc) is 2.62. The third-order valence-electron chi connectivity index (χ3n) is 2.02. The van der Waals surface area contributed by atoms with E-state index in [9.17, 15) is 9.59 Å². The van der Waals surface area contributed by atoms with E-state index in [1.807, 2.05) is 13.0 Å². The van der Waals surface area contributed by atoms with Gasteiger partial charge >= 0.3 is 5.97 Å². The molecule has 0 fully saturated rings. The molecule has 6 heteroatoms. The third kappa shape index (κ3) is 3.39. The molecule has 6 nitrogen and oxygen atoms in total. The van der Waals surface area contributed by atoms with Gasteiger partial charge in [0.1, 0.15) is 11.5 Å². The van der Waals surface area contributed by atoms with E-state index < -0.39 is 17.9 Å². The Morgan fingerprint density at radius 2 is 2.25 bits per heavy atom. The second kappa shape index (κ2) is 5.32. The molecule has 0 radical (unpaired) electrons. The highest BCUT2D eigenvalue weighted by Gasteiger charge is 2.20. The quantitative estimate of drug-likeness (QED) is 0.595. The number of nitrogens with two attached hydrogens (primary N) is 1. The summed E-state index contributed by atoms with van der Waals surface area (Å²) in [5, 5.41) is 10.9. The van der Waals surface area contributed by atoms with Gasteiger partial charge in [0.2, 0.25) is 5.91 Å². The minimum absolute atomic E-state index is 0.298. The summed E-state index contributed by atoms with van der Waals surface area (Å²) in [6, 6.07) is 2.11. The molecule has 0 aromatic carbocycles.